The number of hydrogen-bond donors (Lipinski definition) is 0. The van der Waals surface area contributed by atoms with Gasteiger partial charge in [0.15, 0.2) is 0 Å². The molecule has 0 heterocycles. The summed E-state index contributed by atoms with van der Waals surface area (Å²) in [7, 11) is 0. The van der Waals surface area contributed by atoms with Crippen LogP contribution in [0.5, 0.6) is 0 Å². The van der Waals surface area contributed by atoms with Gasteiger partial charge in [-0.15, -0.1) is 0 Å². The predicted molar refractivity (Wildman–Crippen MR) is 65.3 cm³/mol. The van der Waals surface area contributed by atoms with Gasteiger partial charge in [-0.1, -0.05) is 30.3 Å². The second-order valence-corrected chi connectivity index (χ2v) is 4.88. The zero-order valence-electron chi connectivity index (χ0n) is 10.5. The summed E-state index contributed by atoms with van der Waals surface area (Å²) >= 11 is 0. The molecule has 0 N–H and O–H groups in total. The Morgan fingerprint density at radius 1 is 1.21 bits per heavy atom. The maximum absolute atomic E-state index is 12.3. The van der Waals surface area contributed by atoms with Crippen LogP contribution in [0.2, 0.25) is 0 Å². The molecule has 104 valence electrons. The molecular formula is C14H16F3NO. The monoisotopic (exact) mass is 271 g/mol. The van der Waals surface area contributed by atoms with E-state index in [9.17, 15) is 18.0 Å². The maximum Gasteiger partial charge on any atom is 0.390 e. The summed E-state index contributed by atoms with van der Waals surface area (Å²) < 4.78 is 36.9. The summed E-state index contributed by atoms with van der Waals surface area (Å²) in [6.45, 7) is -0.0000189. The normalized spacial score (nSPS) is 15.3. The Labute approximate surface area is 110 Å². The molecule has 0 aliphatic heterocycles. The first-order chi connectivity index (χ1) is 8.96. The Hall–Kier alpha value is -1.52. The number of benzene rings is 1. The quantitative estimate of drug-likeness (QED) is 0.804. The topological polar surface area (TPSA) is 20.3 Å². The number of nitrogens with zero attached hydrogens (tertiary/aromatic N) is 1. The molecule has 19 heavy (non-hydrogen) atoms. The van der Waals surface area contributed by atoms with Gasteiger partial charge in [-0.2, -0.15) is 13.2 Å². The van der Waals surface area contributed by atoms with Gasteiger partial charge in [0, 0.05) is 19.0 Å². The van der Waals surface area contributed by atoms with Crippen molar-refractivity contribution in [2.24, 2.45) is 5.92 Å². The van der Waals surface area contributed by atoms with Crippen LogP contribution < -0.4 is 0 Å². The number of carbonyl (C=O) groups excluding carboxylic acids is 1. The van der Waals surface area contributed by atoms with Gasteiger partial charge in [0.2, 0.25) is 5.91 Å². The molecule has 1 amide bonds. The Balaban J connectivity index is 1.99. The second-order valence-electron chi connectivity index (χ2n) is 4.88. The standard InChI is InChI=1S/C14H16F3NO/c15-14(16,17)8-9-18(13(19)12-6-7-12)10-11-4-2-1-3-5-11/h1-5,12H,6-10H2. The summed E-state index contributed by atoms with van der Waals surface area (Å²) in [4.78, 5) is 13.3. The third kappa shape index (κ3) is 4.58. The lowest BCUT2D eigenvalue weighted by atomic mass is 10.2. The van der Waals surface area contributed by atoms with Gasteiger partial charge in [-0.25, -0.2) is 0 Å². The summed E-state index contributed by atoms with van der Waals surface area (Å²) in [5, 5.41) is 0. The van der Waals surface area contributed by atoms with Gasteiger partial charge in [0.1, 0.15) is 0 Å². The van der Waals surface area contributed by atoms with Crippen LogP contribution in [0.15, 0.2) is 30.3 Å². The van der Waals surface area contributed by atoms with Crippen molar-refractivity contribution in [3.63, 3.8) is 0 Å². The molecule has 0 saturated heterocycles. The highest BCUT2D eigenvalue weighted by atomic mass is 19.4. The molecule has 0 unspecified atom stereocenters. The second kappa shape index (κ2) is 5.63. The van der Waals surface area contributed by atoms with Gasteiger partial charge in [-0.3, -0.25) is 4.79 Å². The highest BCUT2D eigenvalue weighted by molar-refractivity contribution is 5.81. The zero-order valence-corrected chi connectivity index (χ0v) is 10.5. The molecule has 0 radical (unpaired) electrons. The third-order valence-electron chi connectivity index (χ3n) is 3.12. The van der Waals surface area contributed by atoms with Crippen LogP contribution in [0.3, 0.4) is 0 Å². The van der Waals surface area contributed by atoms with Crippen molar-refractivity contribution < 1.29 is 18.0 Å². The number of amides is 1. The van der Waals surface area contributed by atoms with Crippen molar-refractivity contribution in [2.75, 3.05) is 6.54 Å². The lowest BCUT2D eigenvalue weighted by Gasteiger charge is -2.23. The van der Waals surface area contributed by atoms with Gasteiger partial charge >= 0.3 is 6.18 Å². The van der Waals surface area contributed by atoms with Gasteiger partial charge < -0.3 is 4.90 Å². The molecule has 0 atom stereocenters. The van der Waals surface area contributed by atoms with Crippen LogP contribution in [0.25, 0.3) is 0 Å². The lowest BCUT2D eigenvalue weighted by molar-refractivity contribution is -0.146. The van der Waals surface area contributed by atoms with Crippen molar-refractivity contribution in [1.82, 2.24) is 4.90 Å². The Morgan fingerprint density at radius 2 is 1.84 bits per heavy atom. The van der Waals surface area contributed by atoms with Crippen LogP contribution >= 0.6 is 0 Å². The van der Waals surface area contributed by atoms with E-state index in [1.54, 1.807) is 0 Å². The number of halogens is 3. The molecule has 1 aliphatic rings. The average Bonchev–Trinajstić information content (AvgIpc) is 3.18. The Morgan fingerprint density at radius 3 is 2.37 bits per heavy atom. The van der Waals surface area contributed by atoms with Gasteiger partial charge in [0.05, 0.1) is 6.42 Å². The van der Waals surface area contributed by atoms with Crippen molar-refractivity contribution in [3.8, 4) is 0 Å². The minimum absolute atomic E-state index is 0.0584. The summed E-state index contributed by atoms with van der Waals surface area (Å²) in [6, 6.07) is 9.12. The van der Waals surface area contributed by atoms with E-state index in [0.29, 0.717) is 0 Å². The van der Waals surface area contributed by atoms with Gasteiger partial charge in [-0.05, 0) is 18.4 Å². The Bertz CT molecular complexity index is 426. The molecule has 2 nitrogen and oxygen atoms in total. The molecule has 5 heteroatoms. The fourth-order valence-electron chi connectivity index (χ4n) is 1.92. The molecule has 2 rings (SSSR count). The number of alkyl halides is 3. The molecule has 0 aromatic heterocycles. The Kier molecular flexibility index (Phi) is 4.12. The summed E-state index contributed by atoms with van der Waals surface area (Å²) in [5.41, 5.74) is 0.860. The van der Waals surface area contributed by atoms with Crippen molar-refractivity contribution >= 4 is 5.91 Å². The van der Waals surface area contributed by atoms with E-state index in [1.807, 2.05) is 30.3 Å². The van der Waals surface area contributed by atoms with E-state index in [0.717, 1.165) is 18.4 Å². The maximum atomic E-state index is 12.3. The van der Waals surface area contributed by atoms with Crippen LogP contribution in [-0.2, 0) is 11.3 Å². The molecule has 1 aromatic carbocycles. The third-order valence-corrected chi connectivity index (χ3v) is 3.12. The molecule has 0 spiro atoms. The van der Waals surface area contributed by atoms with E-state index in [2.05, 4.69) is 0 Å². The van der Waals surface area contributed by atoms with Crippen molar-refractivity contribution in [2.45, 2.75) is 32.0 Å². The van der Waals surface area contributed by atoms with E-state index in [-0.39, 0.29) is 24.9 Å². The van der Waals surface area contributed by atoms with E-state index < -0.39 is 12.6 Å². The highest BCUT2D eigenvalue weighted by Crippen LogP contribution is 2.32. The fourth-order valence-corrected chi connectivity index (χ4v) is 1.92. The van der Waals surface area contributed by atoms with Crippen LogP contribution in [0.1, 0.15) is 24.8 Å². The minimum atomic E-state index is -4.22. The smallest absolute Gasteiger partial charge is 0.338 e. The van der Waals surface area contributed by atoms with Crippen LogP contribution in [0, 0.1) is 5.92 Å². The highest BCUT2D eigenvalue weighted by Gasteiger charge is 2.35. The van der Waals surface area contributed by atoms with Crippen molar-refractivity contribution in [3.05, 3.63) is 35.9 Å². The fraction of sp³-hybridized carbons (Fsp3) is 0.500. The SMILES string of the molecule is O=C(C1CC1)N(CCC(F)(F)F)Cc1ccccc1. The summed E-state index contributed by atoms with van der Waals surface area (Å²) in [5.74, 6) is -0.204. The molecular weight excluding hydrogens is 255 g/mol. The predicted octanol–water partition coefficient (Wildman–Crippen LogP) is 3.38. The van der Waals surface area contributed by atoms with Gasteiger partial charge in [0.25, 0.3) is 0 Å². The average molecular weight is 271 g/mol. The first-order valence-corrected chi connectivity index (χ1v) is 6.35. The molecule has 0 bridgehead atoms. The molecule has 1 aromatic rings. The van der Waals surface area contributed by atoms with E-state index >= 15 is 0 Å². The van der Waals surface area contributed by atoms with Crippen molar-refractivity contribution in [1.29, 1.82) is 0 Å². The molecule has 1 saturated carbocycles. The number of hydrogen-bond acceptors (Lipinski definition) is 1. The van der Waals surface area contributed by atoms with E-state index in [4.69, 9.17) is 0 Å². The lowest BCUT2D eigenvalue weighted by Crippen LogP contribution is -2.34. The molecule has 1 fully saturated rings. The zero-order chi connectivity index (χ0) is 13.9. The van der Waals surface area contributed by atoms with Crippen LogP contribution in [0.4, 0.5) is 13.2 Å². The first-order valence-electron chi connectivity index (χ1n) is 6.35. The molecule has 1 aliphatic carbocycles. The minimum Gasteiger partial charge on any atom is -0.338 e. The summed E-state index contributed by atoms with van der Waals surface area (Å²) in [6.07, 6.45) is -3.57. The number of carbonyl (C=O) groups is 1. The largest absolute Gasteiger partial charge is 0.390 e. The van der Waals surface area contributed by atoms with E-state index in [1.165, 1.54) is 4.90 Å². The van der Waals surface area contributed by atoms with Crippen LogP contribution in [-0.4, -0.2) is 23.5 Å². The first kappa shape index (κ1) is 13.9. The number of rotatable bonds is 5.